The maximum atomic E-state index is 10.5. The van der Waals surface area contributed by atoms with Gasteiger partial charge >= 0.3 is 0 Å². The first-order valence-corrected chi connectivity index (χ1v) is 6.65. The van der Waals surface area contributed by atoms with E-state index >= 15 is 0 Å². The van der Waals surface area contributed by atoms with Crippen molar-refractivity contribution >= 4 is 11.6 Å². The van der Waals surface area contributed by atoms with Gasteiger partial charge < -0.3 is 5.11 Å². The highest BCUT2D eigenvalue weighted by Gasteiger charge is 2.28. The second kappa shape index (κ2) is 4.75. The lowest BCUT2D eigenvalue weighted by Crippen LogP contribution is -2.18. The number of benzene rings is 2. The van der Waals surface area contributed by atoms with Gasteiger partial charge in [0.1, 0.15) is 0 Å². The van der Waals surface area contributed by atoms with E-state index in [0.29, 0.717) is 0 Å². The van der Waals surface area contributed by atoms with Gasteiger partial charge in [0.2, 0.25) is 0 Å². The van der Waals surface area contributed by atoms with Crippen LogP contribution >= 0.6 is 11.6 Å². The first-order chi connectivity index (χ1) is 8.75. The number of hydrogen-bond acceptors (Lipinski definition) is 1. The summed E-state index contributed by atoms with van der Waals surface area (Å²) in [6.07, 6.45) is 1.61. The smallest absolute Gasteiger partial charge is 0.0861 e. The van der Waals surface area contributed by atoms with Crippen LogP contribution in [0.2, 0.25) is 5.02 Å². The summed E-state index contributed by atoms with van der Waals surface area (Å²) < 4.78 is 0. The van der Waals surface area contributed by atoms with Gasteiger partial charge in [0.25, 0.3) is 0 Å². The minimum absolute atomic E-state index is 0.178. The fraction of sp³-hybridized carbons (Fsp3) is 0.250. The number of aliphatic hydroxyl groups is 1. The predicted octanol–water partition coefficient (Wildman–Crippen LogP) is 4.10. The van der Waals surface area contributed by atoms with E-state index in [9.17, 15) is 5.11 Å². The minimum Gasteiger partial charge on any atom is -0.388 e. The molecule has 0 aliphatic heterocycles. The summed E-state index contributed by atoms with van der Waals surface area (Å²) in [7, 11) is 0. The Morgan fingerprint density at radius 2 is 1.72 bits per heavy atom. The quantitative estimate of drug-likeness (QED) is 0.816. The van der Waals surface area contributed by atoms with Crippen LogP contribution in [0.3, 0.4) is 0 Å². The zero-order valence-electron chi connectivity index (χ0n) is 10.0. The number of hydrogen-bond donors (Lipinski definition) is 1. The molecule has 1 N–H and O–H groups in total. The van der Waals surface area contributed by atoms with E-state index in [2.05, 4.69) is 6.07 Å². The lowest BCUT2D eigenvalue weighted by atomic mass is 9.78. The van der Waals surface area contributed by atoms with Gasteiger partial charge in [0.15, 0.2) is 0 Å². The summed E-state index contributed by atoms with van der Waals surface area (Å²) in [5, 5.41) is 11.3. The maximum Gasteiger partial charge on any atom is 0.0861 e. The van der Waals surface area contributed by atoms with Crippen molar-refractivity contribution in [3.05, 3.63) is 70.2 Å². The Morgan fingerprint density at radius 1 is 1.00 bits per heavy atom. The Bertz CT molecular complexity index is 547. The van der Waals surface area contributed by atoms with Gasteiger partial charge in [-0.15, -0.1) is 0 Å². The Kier molecular flexibility index (Phi) is 3.11. The molecule has 1 aliphatic carbocycles. The minimum atomic E-state index is -0.406. The van der Waals surface area contributed by atoms with E-state index < -0.39 is 6.10 Å². The number of halogens is 1. The molecule has 0 fully saturated rings. The molecule has 18 heavy (non-hydrogen) atoms. The molecule has 0 saturated carbocycles. The van der Waals surface area contributed by atoms with Crippen LogP contribution in [-0.2, 0) is 6.42 Å². The molecule has 0 unspecified atom stereocenters. The molecule has 0 bridgehead atoms. The van der Waals surface area contributed by atoms with Crippen molar-refractivity contribution in [2.75, 3.05) is 0 Å². The fourth-order valence-corrected chi connectivity index (χ4v) is 2.92. The maximum absolute atomic E-state index is 10.5. The van der Waals surface area contributed by atoms with E-state index in [1.807, 2.05) is 42.5 Å². The standard InChI is InChI=1S/C16H15ClO/c17-13-8-5-12(6-9-13)15-10-7-11-3-1-2-4-14(11)16(15)18/h1-6,8-9,15-16,18H,7,10H2/t15-,16+/m0/s1. The Hall–Kier alpha value is -1.31. The summed E-state index contributed by atoms with van der Waals surface area (Å²) in [6.45, 7) is 0. The highest BCUT2D eigenvalue weighted by Crippen LogP contribution is 2.40. The first-order valence-electron chi connectivity index (χ1n) is 6.27. The molecular formula is C16H15ClO. The normalized spacial score (nSPS) is 22.6. The molecule has 1 nitrogen and oxygen atoms in total. The van der Waals surface area contributed by atoms with Crippen molar-refractivity contribution in [1.82, 2.24) is 0 Å². The number of aryl methyl sites for hydroxylation is 1. The van der Waals surface area contributed by atoms with E-state index in [1.165, 1.54) is 11.1 Å². The van der Waals surface area contributed by atoms with Gasteiger partial charge in [-0.3, -0.25) is 0 Å². The molecule has 3 rings (SSSR count). The van der Waals surface area contributed by atoms with Gasteiger partial charge in [-0.25, -0.2) is 0 Å². The number of rotatable bonds is 1. The summed E-state index contributed by atoms with van der Waals surface area (Å²) in [5.74, 6) is 0.178. The lowest BCUT2D eigenvalue weighted by molar-refractivity contribution is 0.131. The highest BCUT2D eigenvalue weighted by atomic mass is 35.5. The Labute approximate surface area is 112 Å². The van der Waals surface area contributed by atoms with E-state index in [1.54, 1.807) is 0 Å². The fourth-order valence-electron chi connectivity index (χ4n) is 2.79. The molecule has 92 valence electrons. The van der Waals surface area contributed by atoms with Crippen LogP contribution in [0.4, 0.5) is 0 Å². The van der Waals surface area contributed by atoms with Crippen LogP contribution in [0.25, 0.3) is 0 Å². The molecule has 2 heteroatoms. The van der Waals surface area contributed by atoms with Crippen LogP contribution in [0.1, 0.15) is 35.1 Å². The number of fused-ring (bicyclic) bond motifs is 1. The van der Waals surface area contributed by atoms with Crippen molar-refractivity contribution in [3.63, 3.8) is 0 Å². The molecule has 0 aromatic heterocycles. The van der Waals surface area contributed by atoms with Gasteiger partial charge in [0, 0.05) is 10.9 Å². The summed E-state index contributed by atoms with van der Waals surface area (Å²) in [4.78, 5) is 0. The number of aliphatic hydroxyl groups excluding tert-OH is 1. The molecule has 0 spiro atoms. The third-order valence-corrected chi connectivity index (χ3v) is 4.03. The van der Waals surface area contributed by atoms with E-state index in [-0.39, 0.29) is 5.92 Å². The van der Waals surface area contributed by atoms with Gasteiger partial charge in [0.05, 0.1) is 6.10 Å². The van der Waals surface area contributed by atoms with E-state index in [0.717, 1.165) is 23.4 Å². The zero-order chi connectivity index (χ0) is 12.5. The van der Waals surface area contributed by atoms with Gasteiger partial charge in [-0.05, 0) is 41.7 Å². The topological polar surface area (TPSA) is 20.2 Å². The SMILES string of the molecule is O[C@@H]1c2ccccc2CC[C@H]1c1ccc(Cl)cc1. The van der Waals surface area contributed by atoms with Crippen molar-refractivity contribution in [3.8, 4) is 0 Å². The Morgan fingerprint density at radius 3 is 2.50 bits per heavy atom. The van der Waals surface area contributed by atoms with Crippen LogP contribution in [0.5, 0.6) is 0 Å². The highest BCUT2D eigenvalue weighted by molar-refractivity contribution is 6.30. The molecule has 0 saturated heterocycles. The van der Waals surface area contributed by atoms with E-state index in [4.69, 9.17) is 11.6 Å². The Balaban J connectivity index is 1.95. The van der Waals surface area contributed by atoms with Gasteiger partial charge in [-0.2, -0.15) is 0 Å². The molecule has 0 radical (unpaired) electrons. The monoisotopic (exact) mass is 258 g/mol. The molecule has 1 aliphatic rings. The summed E-state index contributed by atoms with van der Waals surface area (Å²) in [6, 6.07) is 16.0. The molecule has 2 atom stereocenters. The van der Waals surface area contributed by atoms with Crippen molar-refractivity contribution in [1.29, 1.82) is 0 Å². The molecule has 2 aromatic rings. The second-order valence-electron chi connectivity index (χ2n) is 4.84. The van der Waals surface area contributed by atoms with Crippen LogP contribution in [0.15, 0.2) is 48.5 Å². The van der Waals surface area contributed by atoms with Crippen LogP contribution < -0.4 is 0 Å². The largest absolute Gasteiger partial charge is 0.388 e. The second-order valence-corrected chi connectivity index (χ2v) is 5.28. The average molecular weight is 259 g/mol. The third kappa shape index (κ3) is 2.05. The molecule has 0 heterocycles. The third-order valence-electron chi connectivity index (χ3n) is 3.78. The zero-order valence-corrected chi connectivity index (χ0v) is 10.8. The predicted molar refractivity (Wildman–Crippen MR) is 73.9 cm³/mol. The summed E-state index contributed by atoms with van der Waals surface area (Å²) in [5.41, 5.74) is 3.51. The molecule has 2 aromatic carbocycles. The van der Waals surface area contributed by atoms with Gasteiger partial charge in [-0.1, -0.05) is 48.0 Å². The van der Waals surface area contributed by atoms with Crippen LogP contribution in [-0.4, -0.2) is 5.11 Å². The molecule has 0 amide bonds. The summed E-state index contributed by atoms with van der Waals surface area (Å²) >= 11 is 5.91. The average Bonchev–Trinajstić information content (AvgIpc) is 2.41. The lowest BCUT2D eigenvalue weighted by Gasteiger charge is -2.30. The van der Waals surface area contributed by atoms with Crippen molar-refractivity contribution in [2.45, 2.75) is 24.9 Å². The molecular weight excluding hydrogens is 244 g/mol. The van der Waals surface area contributed by atoms with Crippen LogP contribution in [0, 0.1) is 0 Å². The van der Waals surface area contributed by atoms with Crippen molar-refractivity contribution in [2.24, 2.45) is 0 Å². The van der Waals surface area contributed by atoms with Crippen molar-refractivity contribution < 1.29 is 5.11 Å². The first kappa shape index (κ1) is 11.8.